The van der Waals surface area contributed by atoms with E-state index in [0.717, 1.165) is 70.6 Å². The van der Waals surface area contributed by atoms with Crippen molar-refractivity contribution in [2.24, 2.45) is 0 Å². The van der Waals surface area contributed by atoms with Gasteiger partial charge in [0.1, 0.15) is 13.2 Å². The molecule has 6 nitrogen and oxygen atoms in total. The first-order valence-electron chi connectivity index (χ1n) is 28.0. The number of ether oxygens (including phenoxy) is 3. The lowest BCUT2D eigenvalue weighted by Gasteiger charge is -2.18. The molecule has 64 heavy (non-hydrogen) atoms. The summed E-state index contributed by atoms with van der Waals surface area (Å²) in [6, 6.07) is 0. The number of rotatable bonds is 51. The topological polar surface area (TPSA) is 78.9 Å². The van der Waals surface area contributed by atoms with E-state index in [1.807, 2.05) is 0 Å². The average molecular weight is 899 g/mol. The molecule has 0 saturated carbocycles. The van der Waals surface area contributed by atoms with E-state index in [0.29, 0.717) is 19.3 Å². The van der Waals surface area contributed by atoms with Crippen molar-refractivity contribution in [3.8, 4) is 0 Å². The van der Waals surface area contributed by atoms with Crippen molar-refractivity contribution in [3.63, 3.8) is 0 Å². The van der Waals surface area contributed by atoms with E-state index in [9.17, 15) is 14.4 Å². The minimum atomic E-state index is -0.779. The third-order valence-electron chi connectivity index (χ3n) is 12.3. The Balaban J connectivity index is 4.33. The maximum Gasteiger partial charge on any atom is 0.306 e. The third-order valence-corrected chi connectivity index (χ3v) is 12.3. The minimum Gasteiger partial charge on any atom is -0.462 e. The van der Waals surface area contributed by atoms with Crippen LogP contribution in [-0.4, -0.2) is 37.2 Å². The van der Waals surface area contributed by atoms with Crippen LogP contribution in [0.3, 0.4) is 0 Å². The Morgan fingerprint density at radius 1 is 0.297 bits per heavy atom. The van der Waals surface area contributed by atoms with E-state index >= 15 is 0 Å². The van der Waals surface area contributed by atoms with Crippen LogP contribution < -0.4 is 0 Å². The smallest absolute Gasteiger partial charge is 0.306 e. The molecule has 0 saturated heterocycles. The monoisotopic (exact) mass is 899 g/mol. The fraction of sp³-hybridized carbons (Fsp3) is 0.845. The van der Waals surface area contributed by atoms with E-state index in [1.165, 1.54) is 186 Å². The van der Waals surface area contributed by atoms with Gasteiger partial charge in [0.05, 0.1) is 0 Å². The highest BCUT2D eigenvalue weighted by Gasteiger charge is 2.19. The zero-order chi connectivity index (χ0) is 46.5. The zero-order valence-electron chi connectivity index (χ0n) is 42.8. The summed E-state index contributed by atoms with van der Waals surface area (Å²) < 4.78 is 16.8. The predicted molar refractivity (Wildman–Crippen MR) is 275 cm³/mol. The van der Waals surface area contributed by atoms with Crippen molar-refractivity contribution in [3.05, 3.63) is 36.5 Å². The number of carbonyl (C=O) groups is 3. The summed E-state index contributed by atoms with van der Waals surface area (Å²) >= 11 is 0. The Morgan fingerprint density at radius 2 is 0.531 bits per heavy atom. The van der Waals surface area contributed by atoms with E-state index in [-0.39, 0.29) is 31.1 Å². The molecule has 0 fully saturated rings. The molecule has 0 aliphatic carbocycles. The highest BCUT2D eigenvalue weighted by Crippen LogP contribution is 2.15. The predicted octanol–water partition coefficient (Wildman–Crippen LogP) is 18.5. The van der Waals surface area contributed by atoms with Gasteiger partial charge >= 0.3 is 17.9 Å². The molecule has 0 N–H and O–H groups in total. The minimum absolute atomic E-state index is 0.0786. The number of esters is 3. The van der Waals surface area contributed by atoms with E-state index in [1.54, 1.807) is 0 Å². The largest absolute Gasteiger partial charge is 0.462 e. The number of unbranched alkanes of at least 4 members (excludes halogenated alkanes) is 34. The third kappa shape index (κ3) is 50.6. The van der Waals surface area contributed by atoms with Crippen LogP contribution in [0.25, 0.3) is 0 Å². The van der Waals surface area contributed by atoms with Crippen LogP contribution >= 0.6 is 0 Å². The molecule has 1 unspecified atom stereocenters. The number of hydrogen-bond donors (Lipinski definition) is 0. The van der Waals surface area contributed by atoms with Crippen molar-refractivity contribution in [1.82, 2.24) is 0 Å². The van der Waals surface area contributed by atoms with Crippen LogP contribution in [0.15, 0.2) is 36.5 Å². The van der Waals surface area contributed by atoms with Gasteiger partial charge in [0, 0.05) is 19.3 Å². The van der Waals surface area contributed by atoms with Gasteiger partial charge in [-0.1, -0.05) is 224 Å². The van der Waals surface area contributed by atoms with Crippen LogP contribution in [0.2, 0.25) is 0 Å². The van der Waals surface area contributed by atoms with Crippen LogP contribution in [0, 0.1) is 0 Å². The molecule has 1 atom stereocenters. The summed E-state index contributed by atoms with van der Waals surface area (Å²) in [6.07, 6.45) is 62.8. The lowest BCUT2D eigenvalue weighted by atomic mass is 10.1. The van der Waals surface area contributed by atoms with Crippen molar-refractivity contribution in [1.29, 1.82) is 0 Å². The average Bonchev–Trinajstić information content (AvgIpc) is 3.29. The summed E-state index contributed by atoms with van der Waals surface area (Å²) in [5.74, 6) is -0.889. The van der Waals surface area contributed by atoms with Gasteiger partial charge in [-0.25, -0.2) is 0 Å². The van der Waals surface area contributed by atoms with Crippen LogP contribution in [0.5, 0.6) is 0 Å². The summed E-state index contributed by atoms with van der Waals surface area (Å²) in [5, 5.41) is 0. The van der Waals surface area contributed by atoms with Gasteiger partial charge in [-0.3, -0.25) is 14.4 Å². The van der Waals surface area contributed by atoms with E-state index in [4.69, 9.17) is 14.2 Å². The quantitative estimate of drug-likeness (QED) is 0.0262. The number of carbonyl (C=O) groups excluding carboxylic acids is 3. The molecular formula is C58H106O6. The second kappa shape index (κ2) is 53.2. The fourth-order valence-electron chi connectivity index (χ4n) is 8.06. The normalized spacial score (nSPS) is 12.2. The SMILES string of the molecule is CCCC/C=C\CCCCCCCC(=O)OCC(COC(=O)CCCCCCCCC/C=C\CCCCCCCCCC)OC(=O)CCCCCCC/C=C\CCCCCCCCC. The lowest BCUT2D eigenvalue weighted by Crippen LogP contribution is -2.30. The summed E-state index contributed by atoms with van der Waals surface area (Å²) in [4.78, 5) is 38.0. The summed E-state index contributed by atoms with van der Waals surface area (Å²) in [5.41, 5.74) is 0. The van der Waals surface area contributed by atoms with Crippen molar-refractivity contribution < 1.29 is 28.6 Å². The van der Waals surface area contributed by atoms with Gasteiger partial charge < -0.3 is 14.2 Å². The number of hydrogen-bond acceptors (Lipinski definition) is 6. The first-order chi connectivity index (χ1) is 31.5. The molecule has 0 aliphatic rings. The number of allylic oxidation sites excluding steroid dienone is 6. The molecule has 0 aromatic rings. The van der Waals surface area contributed by atoms with Gasteiger partial charge in [-0.2, -0.15) is 0 Å². The Bertz CT molecular complexity index is 1080. The van der Waals surface area contributed by atoms with Crippen molar-refractivity contribution in [2.75, 3.05) is 13.2 Å². The molecule has 374 valence electrons. The maximum absolute atomic E-state index is 12.8. The summed E-state index contributed by atoms with van der Waals surface area (Å²) in [7, 11) is 0. The first-order valence-corrected chi connectivity index (χ1v) is 28.0. The molecule has 0 radical (unpaired) electrons. The van der Waals surface area contributed by atoms with Gasteiger partial charge in [0.15, 0.2) is 6.10 Å². The molecule has 0 bridgehead atoms. The van der Waals surface area contributed by atoms with Crippen molar-refractivity contribution in [2.45, 2.75) is 303 Å². The molecule has 0 rings (SSSR count). The Hall–Kier alpha value is -2.37. The van der Waals surface area contributed by atoms with E-state index < -0.39 is 6.10 Å². The second-order valence-corrected chi connectivity index (χ2v) is 18.8. The summed E-state index contributed by atoms with van der Waals surface area (Å²) in [6.45, 7) is 6.61. The highest BCUT2D eigenvalue weighted by molar-refractivity contribution is 5.71. The van der Waals surface area contributed by atoms with Crippen LogP contribution in [0.4, 0.5) is 0 Å². The molecule has 0 spiro atoms. The lowest BCUT2D eigenvalue weighted by molar-refractivity contribution is -0.167. The van der Waals surface area contributed by atoms with E-state index in [2.05, 4.69) is 57.2 Å². The molecule has 0 heterocycles. The van der Waals surface area contributed by atoms with Gasteiger partial charge in [0.2, 0.25) is 0 Å². The van der Waals surface area contributed by atoms with Crippen LogP contribution in [0.1, 0.15) is 297 Å². The zero-order valence-corrected chi connectivity index (χ0v) is 42.8. The Morgan fingerprint density at radius 3 is 0.828 bits per heavy atom. The first kappa shape index (κ1) is 61.6. The standard InChI is InChI=1S/C58H106O6/c1-4-7-10-13-16-19-22-24-26-28-29-30-32-33-36-39-42-45-48-51-57(60)63-54-55(53-62-56(59)50-47-44-41-38-35-21-18-15-12-9-6-3)64-58(61)52-49-46-43-40-37-34-31-27-25-23-20-17-14-11-8-5-2/h15,18,27-29,31,55H,4-14,16-17,19-26,30,32-54H2,1-3H3/b18-15-,29-28-,31-27-. The molecule has 0 aromatic carbocycles. The molecule has 6 heteroatoms. The second-order valence-electron chi connectivity index (χ2n) is 18.8. The van der Waals surface area contributed by atoms with Crippen LogP contribution in [-0.2, 0) is 28.6 Å². The fourth-order valence-corrected chi connectivity index (χ4v) is 8.06. The Labute approximate surface area is 397 Å². The van der Waals surface area contributed by atoms with Gasteiger partial charge in [-0.15, -0.1) is 0 Å². The Kier molecular flexibility index (Phi) is 51.3. The van der Waals surface area contributed by atoms with Crippen molar-refractivity contribution >= 4 is 17.9 Å². The maximum atomic E-state index is 12.8. The van der Waals surface area contributed by atoms with Gasteiger partial charge in [0.25, 0.3) is 0 Å². The van der Waals surface area contributed by atoms with Gasteiger partial charge in [-0.05, 0) is 89.9 Å². The molecule has 0 aliphatic heterocycles. The molecule has 0 aromatic heterocycles. The highest BCUT2D eigenvalue weighted by atomic mass is 16.6. The molecule has 0 amide bonds. The molecular weight excluding hydrogens is 793 g/mol.